The average molecular weight is 195 g/mol. The summed E-state index contributed by atoms with van der Waals surface area (Å²) >= 11 is 0. The highest BCUT2D eigenvalue weighted by molar-refractivity contribution is 6.12. The second kappa shape index (κ2) is 3.92. The molecule has 76 valence electrons. The molecule has 2 aliphatic heterocycles. The van der Waals surface area contributed by atoms with E-state index in [1.165, 1.54) is 17.1 Å². The lowest BCUT2D eigenvalue weighted by molar-refractivity contribution is -0.136. The molecule has 0 bridgehead atoms. The molecule has 0 aromatic heterocycles. The van der Waals surface area contributed by atoms with Gasteiger partial charge in [-0.3, -0.25) is 14.5 Å². The minimum Gasteiger partial charge on any atom is -0.381 e. The quantitative estimate of drug-likeness (QED) is 0.610. The van der Waals surface area contributed by atoms with Crippen molar-refractivity contribution in [2.75, 3.05) is 19.8 Å². The Balaban J connectivity index is 1.80. The highest BCUT2D eigenvalue weighted by Gasteiger charge is 2.25. The van der Waals surface area contributed by atoms with E-state index >= 15 is 0 Å². The van der Waals surface area contributed by atoms with E-state index in [2.05, 4.69) is 0 Å². The summed E-state index contributed by atoms with van der Waals surface area (Å²) < 4.78 is 5.22. The molecular weight excluding hydrogens is 182 g/mol. The normalized spacial score (nSPS) is 26.6. The number of amides is 2. The highest BCUT2D eigenvalue weighted by Crippen LogP contribution is 2.17. The Morgan fingerprint density at radius 3 is 2.64 bits per heavy atom. The third kappa shape index (κ3) is 1.85. The molecule has 0 aromatic carbocycles. The van der Waals surface area contributed by atoms with Crippen molar-refractivity contribution in [2.45, 2.75) is 12.8 Å². The predicted molar refractivity (Wildman–Crippen MR) is 49.4 cm³/mol. The number of hydrogen-bond donors (Lipinski definition) is 0. The van der Waals surface area contributed by atoms with Crippen LogP contribution in [0.5, 0.6) is 0 Å². The van der Waals surface area contributed by atoms with Gasteiger partial charge in [0.15, 0.2) is 0 Å². The molecule has 1 fully saturated rings. The molecule has 0 spiro atoms. The Kier molecular flexibility index (Phi) is 2.63. The fourth-order valence-electron chi connectivity index (χ4n) is 1.77. The van der Waals surface area contributed by atoms with Gasteiger partial charge in [0, 0.05) is 31.9 Å². The topological polar surface area (TPSA) is 46.6 Å². The maximum absolute atomic E-state index is 11.2. The zero-order chi connectivity index (χ0) is 9.97. The van der Waals surface area contributed by atoms with Crippen LogP contribution in [-0.4, -0.2) is 36.5 Å². The molecule has 2 rings (SSSR count). The molecule has 0 N–H and O–H groups in total. The van der Waals surface area contributed by atoms with Crippen LogP contribution in [0.1, 0.15) is 12.8 Å². The van der Waals surface area contributed by atoms with E-state index in [0.29, 0.717) is 12.5 Å². The molecule has 2 aliphatic rings. The lowest BCUT2D eigenvalue weighted by Gasteiger charge is -2.15. The van der Waals surface area contributed by atoms with E-state index < -0.39 is 0 Å². The molecule has 0 aromatic rings. The van der Waals surface area contributed by atoms with E-state index in [1.54, 1.807) is 0 Å². The molecule has 0 radical (unpaired) electrons. The van der Waals surface area contributed by atoms with E-state index in [1.807, 2.05) is 0 Å². The molecule has 4 nitrogen and oxygen atoms in total. The largest absolute Gasteiger partial charge is 0.381 e. The summed E-state index contributed by atoms with van der Waals surface area (Å²) in [7, 11) is 0. The van der Waals surface area contributed by atoms with Crippen molar-refractivity contribution >= 4 is 11.8 Å². The van der Waals surface area contributed by atoms with Crippen molar-refractivity contribution in [3.05, 3.63) is 12.2 Å². The van der Waals surface area contributed by atoms with Gasteiger partial charge >= 0.3 is 0 Å². The zero-order valence-electron chi connectivity index (χ0n) is 7.94. The van der Waals surface area contributed by atoms with Crippen molar-refractivity contribution in [1.82, 2.24) is 4.90 Å². The van der Waals surface area contributed by atoms with Crippen LogP contribution in [-0.2, 0) is 14.3 Å². The molecule has 2 amide bonds. The van der Waals surface area contributed by atoms with Gasteiger partial charge < -0.3 is 4.74 Å². The van der Waals surface area contributed by atoms with Gasteiger partial charge in [0.05, 0.1) is 0 Å². The van der Waals surface area contributed by atoms with Crippen molar-refractivity contribution < 1.29 is 14.3 Å². The van der Waals surface area contributed by atoms with Gasteiger partial charge in [-0.25, -0.2) is 0 Å². The molecule has 1 atom stereocenters. The summed E-state index contributed by atoms with van der Waals surface area (Å²) in [5, 5.41) is 0. The van der Waals surface area contributed by atoms with Crippen LogP contribution < -0.4 is 0 Å². The van der Waals surface area contributed by atoms with E-state index in [4.69, 9.17) is 4.74 Å². The molecule has 1 unspecified atom stereocenters. The van der Waals surface area contributed by atoms with Gasteiger partial charge in [0.2, 0.25) is 0 Å². The Labute approximate surface area is 82.5 Å². The average Bonchev–Trinajstić information content (AvgIpc) is 2.76. The van der Waals surface area contributed by atoms with E-state index in [-0.39, 0.29) is 11.8 Å². The number of hydrogen-bond acceptors (Lipinski definition) is 3. The summed E-state index contributed by atoms with van der Waals surface area (Å²) in [4.78, 5) is 23.6. The maximum Gasteiger partial charge on any atom is 0.253 e. The first kappa shape index (κ1) is 9.40. The van der Waals surface area contributed by atoms with Gasteiger partial charge in [-0.15, -0.1) is 0 Å². The summed E-state index contributed by atoms with van der Waals surface area (Å²) in [5.41, 5.74) is 0. The number of imide groups is 1. The minimum atomic E-state index is -0.186. The fourth-order valence-corrected chi connectivity index (χ4v) is 1.77. The first-order valence-electron chi connectivity index (χ1n) is 4.88. The summed E-state index contributed by atoms with van der Waals surface area (Å²) in [6, 6.07) is 0. The Morgan fingerprint density at radius 2 is 2.07 bits per heavy atom. The van der Waals surface area contributed by atoms with Crippen molar-refractivity contribution in [3.63, 3.8) is 0 Å². The second-order valence-electron chi connectivity index (χ2n) is 3.68. The van der Waals surface area contributed by atoms with Crippen LogP contribution in [0.2, 0.25) is 0 Å². The van der Waals surface area contributed by atoms with Gasteiger partial charge in [-0.05, 0) is 18.8 Å². The Morgan fingerprint density at radius 1 is 1.36 bits per heavy atom. The number of nitrogens with zero attached hydrogens (tertiary/aromatic N) is 1. The third-order valence-corrected chi connectivity index (χ3v) is 2.69. The Bertz CT molecular complexity index is 261. The maximum atomic E-state index is 11.2. The van der Waals surface area contributed by atoms with E-state index in [0.717, 1.165) is 26.1 Å². The molecule has 2 heterocycles. The standard InChI is InChI=1S/C10H13NO3/c12-9-1-2-10(13)11(9)5-3-8-4-6-14-7-8/h1-2,8H,3-7H2. The van der Waals surface area contributed by atoms with Crippen LogP contribution in [0.15, 0.2) is 12.2 Å². The lowest BCUT2D eigenvalue weighted by Crippen LogP contribution is -2.32. The van der Waals surface area contributed by atoms with E-state index in [9.17, 15) is 9.59 Å². The first-order chi connectivity index (χ1) is 6.77. The van der Waals surface area contributed by atoms with Crippen LogP contribution in [0.4, 0.5) is 0 Å². The molecular formula is C10H13NO3. The number of rotatable bonds is 3. The SMILES string of the molecule is O=C1C=CC(=O)N1CCC1CCOC1. The molecule has 0 saturated carbocycles. The van der Waals surface area contributed by atoms with Gasteiger partial charge in [0.1, 0.15) is 0 Å². The van der Waals surface area contributed by atoms with Crippen molar-refractivity contribution in [2.24, 2.45) is 5.92 Å². The second-order valence-corrected chi connectivity index (χ2v) is 3.68. The molecule has 4 heteroatoms. The molecule has 1 saturated heterocycles. The Hall–Kier alpha value is -1.16. The zero-order valence-corrected chi connectivity index (χ0v) is 7.94. The molecule has 0 aliphatic carbocycles. The monoisotopic (exact) mass is 195 g/mol. The van der Waals surface area contributed by atoms with Crippen molar-refractivity contribution in [1.29, 1.82) is 0 Å². The van der Waals surface area contributed by atoms with Gasteiger partial charge in [-0.1, -0.05) is 0 Å². The molecule has 14 heavy (non-hydrogen) atoms. The van der Waals surface area contributed by atoms with Crippen LogP contribution in [0.3, 0.4) is 0 Å². The van der Waals surface area contributed by atoms with Crippen LogP contribution in [0, 0.1) is 5.92 Å². The first-order valence-corrected chi connectivity index (χ1v) is 4.88. The van der Waals surface area contributed by atoms with Crippen molar-refractivity contribution in [3.8, 4) is 0 Å². The fraction of sp³-hybridized carbons (Fsp3) is 0.600. The minimum absolute atomic E-state index is 0.186. The third-order valence-electron chi connectivity index (χ3n) is 2.69. The summed E-state index contributed by atoms with van der Waals surface area (Å²) in [6.45, 7) is 2.10. The van der Waals surface area contributed by atoms with Crippen LogP contribution in [0.25, 0.3) is 0 Å². The van der Waals surface area contributed by atoms with Crippen LogP contribution >= 0.6 is 0 Å². The number of ether oxygens (including phenoxy) is 1. The number of carbonyl (C=O) groups is 2. The summed E-state index contributed by atoms with van der Waals surface area (Å²) in [6.07, 6.45) is 4.56. The predicted octanol–water partition coefficient (Wildman–Crippen LogP) is 0.338. The van der Waals surface area contributed by atoms with Gasteiger partial charge in [-0.2, -0.15) is 0 Å². The summed E-state index contributed by atoms with van der Waals surface area (Å²) in [5.74, 6) is 0.138. The lowest BCUT2D eigenvalue weighted by atomic mass is 10.1. The number of carbonyl (C=O) groups excluding carboxylic acids is 2. The highest BCUT2D eigenvalue weighted by atomic mass is 16.5. The van der Waals surface area contributed by atoms with Gasteiger partial charge in [0.25, 0.3) is 11.8 Å². The smallest absolute Gasteiger partial charge is 0.253 e.